The second kappa shape index (κ2) is 7.48. The van der Waals surface area contributed by atoms with E-state index in [0.717, 1.165) is 35.4 Å². The molecule has 0 aromatic heterocycles. The lowest BCUT2D eigenvalue weighted by atomic mass is 10.2. The molecule has 0 bridgehead atoms. The first-order chi connectivity index (χ1) is 9.17. The molecule has 116 valence electrons. The van der Waals surface area contributed by atoms with Crippen molar-refractivity contribution < 1.29 is 9.47 Å². The van der Waals surface area contributed by atoms with Gasteiger partial charge in [-0.25, -0.2) is 0 Å². The molecule has 0 saturated carbocycles. The van der Waals surface area contributed by atoms with Crippen LogP contribution in [0.1, 0.15) is 41.0 Å². The van der Waals surface area contributed by atoms with Crippen LogP contribution in [-0.2, 0) is 9.47 Å². The molecule has 1 atom stereocenters. The molecule has 0 spiro atoms. The van der Waals surface area contributed by atoms with Crippen molar-refractivity contribution in [2.24, 2.45) is 5.73 Å². The van der Waals surface area contributed by atoms with Crippen LogP contribution in [-0.4, -0.2) is 36.4 Å². The van der Waals surface area contributed by atoms with Crippen LogP contribution in [0, 0.1) is 0 Å². The molecule has 1 fully saturated rings. The van der Waals surface area contributed by atoms with Gasteiger partial charge in [0.15, 0.2) is 0 Å². The molecular weight excluding hydrogens is 320 g/mol. The van der Waals surface area contributed by atoms with Crippen molar-refractivity contribution in [3.8, 4) is 0 Å². The van der Waals surface area contributed by atoms with Crippen LogP contribution in [0.25, 0.3) is 0 Å². The van der Waals surface area contributed by atoms with Gasteiger partial charge in [0, 0.05) is 23.3 Å². The summed E-state index contributed by atoms with van der Waals surface area (Å²) >= 11 is 3.42. The summed E-state index contributed by atoms with van der Waals surface area (Å²) < 4.78 is 12.6. The molecule has 20 heavy (non-hydrogen) atoms. The maximum absolute atomic E-state index is 5.94. The lowest BCUT2D eigenvalue weighted by Gasteiger charge is -2.24. The van der Waals surface area contributed by atoms with Crippen molar-refractivity contribution in [2.45, 2.75) is 52.7 Å². The van der Waals surface area contributed by atoms with Gasteiger partial charge < -0.3 is 15.2 Å². The predicted molar refractivity (Wildman–Crippen MR) is 86.3 cm³/mol. The van der Waals surface area contributed by atoms with Crippen molar-refractivity contribution in [1.29, 1.82) is 0 Å². The number of allylic oxidation sites excluding steroid dienone is 4. The third kappa shape index (κ3) is 6.77. The summed E-state index contributed by atoms with van der Waals surface area (Å²) in [4.78, 5) is 2.28. The number of nitrogens with zero attached hydrogens (tertiary/aromatic N) is 1. The fraction of sp³-hybridized carbons (Fsp3) is 0.733. The molecule has 0 aliphatic carbocycles. The molecule has 1 aliphatic heterocycles. The highest BCUT2D eigenvalue weighted by molar-refractivity contribution is 9.11. The Kier molecular flexibility index (Phi) is 6.55. The Morgan fingerprint density at radius 1 is 1.40 bits per heavy atom. The summed E-state index contributed by atoms with van der Waals surface area (Å²) in [5, 5.41) is 0. The van der Waals surface area contributed by atoms with Gasteiger partial charge in [0.05, 0.1) is 18.1 Å². The third-order valence-corrected chi connectivity index (χ3v) is 3.82. The zero-order valence-electron chi connectivity index (χ0n) is 13.2. The summed E-state index contributed by atoms with van der Waals surface area (Å²) in [6.07, 6.45) is 3.18. The number of ether oxygens (including phenoxy) is 2. The number of rotatable bonds is 5. The van der Waals surface area contributed by atoms with Gasteiger partial charge in [-0.1, -0.05) is 0 Å². The zero-order chi connectivity index (χ0) is 15.3. The normalized spacial score (nSPS) is 22.9. The highest BCUT2D eigenvalue weighted by Gasteiger charge is 2.25. The standard InChI is InChI=1S/C15H27BrN2O2/c1-11(8-14(16)12(2)17)20-13-6-7-18(9-13)10-19-15(3,4)5/h8,13H,6-7,9-10,17H2,1-5H3/b11-8+,14-12-. The third-order valence-electron chi connectivity index (χ3n) is 2.97. The second-order valence-corrected chi connectivity index (χ2v) is 7.13. The molecule has 1 aliphatic rings. The molecule has 2 N–H and O–H groups in total. The maximum Gasteiger partial charge on any atom is 0.112 e. The Bertz CT molecular complexity index is 382. The van der Waals surface area contributed by atoms with E-state index in [1.807, 2.05) is 19.9 Å². The molecule has 0 radical (unpaired) electrons. The first kappa shape index (κ1) is 17.5. The maximum atomic E-state index is 5.94. The number of nitrogens with two attached hydrogens (primary N) is 1. The monoisotopic (exact) mass is 346 g/mol. The highest BCUT2D eigenvalue weighted by atomic mass is 79.9. The van der Waals surface area contributed by atoms with Crippen molar-refractivity contribution in [2.75, 3.05) is 19.8 Å². The molecule has 0 amide bonds. The molecule has 1 unspecified atom stereocenters. The Labute approximate surface area is 131 Å². The van der Waals surface area contributed by atoms with Gasteiger partial charge in [-0.2, -0.15) is 0 Å². The summed E-state index contributed by atoms with van der Waals surface area (Å²) in [6.45, 7) is 12.6. The Balaban J connectivity index is 2.40. The van der Waals surface area contributed by atoms with E-state index in [0.29, 0.717) is 6.73 Å². The number of halogens is 1. The van der Waals surface area contributed by atoms with Crippen LogP contribution in [0.5, 0.6) is 0 Å². The summed E-state index contributed by atoms with van der Waals surface area (Å²) in [5.41, 5.74) is 6.36. The van der Waals surface area contributed by atoms with E-state index in [1.165, 1.54) is 0 Å². The summed E-state index contributed by atoms with van der Waals surface area (Å²) in [5.74, 6) is 0.880. The van der Waals surface area contributed by atoms with Crippen LogP contribution < -0.4 is 5.73 Å². The first-order valence-electron chi connectivity index (χ1n) is 7.00. The average Bonchev–Trinajstić information content (AvgIpc) is 2.72. The van der Waals surface area contributed by atoms with E-state index < -0.39 is 0 Å². The molecule has 4 nitrogen and oxygen atoms in total. The lowest BCUT2D eigenvalue weighted by molar-refractivity contribution is -0.0597. The van der Waals surface area contributed by atoms with Crippen LogP contribution in [0.15, 0.2) is 22.0 Å². The van der Waals surface area contributed by atoms with E-state index >= 15 is 0 Å². The number of likely N-dealkylation sites (tertiary alicyclic amines) is 1. The van der Waals surface area contributed by atoms with E-state index in [1.54, 1.807) is 0 Å². The SMILES string of the molecule is C/C(N)=C(Br)\C=C(/C)OC1CCN(COC(C)(C)C)C1. The first-order valence-corrected chi connectivity index (χ1v) is 7.80. The minimum Gasteiger partial charge on any atom is -0.494 e. The molecule has 1 rings (SSSR count). The largest absolute Gasteiger partial charge is 0.494 e. The van der Waals surface area contributed by atoms with Crippen LogP contribution >= 0.6 is 15.9 Å². The Morgan fingerprint density at radius 2 is 2.05 bits per heavy atom. The lowest BCUT2D eigenvalue weighted by Crippen LogP contribution is -2.31. The molecular formula is C15H27BrN2O2. The second-order valence-electron chi connectivity index (χ2n) is 6.28. The van der Waals surface area contributed by atoms with Crippen molar-refractivity contribution >= 4 is 15.9 Å². The van der Waals surface area contributed by atoms with Gasteiger partial charge in [0.1, 0.15) is 6.10 Å². The zero-order valence-corrected chi connectivity index (χ0v) is 14.8. The quantitative estimate of drug-likeness (QED) is 0.612. The van der Waals surface area contributed by atoms with Gasteiger partial charge in [0.25, 0.3) is 0 Å². The van der Waals surface area contributed by atoms with Gasteiger partial charge in [0.2, 0.25) is 0 Å². The van der Waals surface area contributed by atoms with Crippen molar-refractivity contribution in [3.63, 3.8) is 0 Å². The van der Waals surface area contributed by atoms with Crippen LogP contribution in [0.2, 0.25) is 0 Å². The molecule has 1 saturated heterocycles. The predicted octanol–water partition coefficient (Wildman–Crippen LogP) is 3.34. The molecule has 0 aromatic rings. The van der Waals surface area contributed by atoms with Crippen molar-refractivity contribution in [3.05, 3.63) is 22.0 Å². The van der Waals surface area contributed by atoms with Gasteiger partial charge >= 0.3 is 0 Å². The van der Waals surface area contributed by atoms with Crippen molar-refractivity contribution in [1.82, 2.24) is 4.90 Å². The van der Waals surface area contributed by atoms with E-state index in [-0.39, 0.29) is 11.7 Å². The molecule has 1 heterocycles. The Morgan fingerprint density at radius 3 is 2.60 bits per heavy atom. The molecule has 5 heteroatoms. The Hall–Kier alpha value is -0.520. The minimum atomic E-state index is -0.0942. The fourth-order valence-electron chi connectivity index (χ4n) is 1.88. The van der Waals surface area contributed by atoms with Crippen LogP contribution in [0.3, 0.4) is 0 Å². The van der Waals surface area contributed by atoms with E-state index in [4.69, 9.17) is 15.2 Å². The average molecular weight is 347 g/mol. The minimum absolute atomic E-state index is 0.0942. The fourth-order valence-corrected chi connectivity index (χ4v) is 2.21. The summed E-state index contributed by atoms with van der Waals surface area (Å²) in [7, 11) is 0. The topological polar surface area (TPSA) is 47.7 Å². The van der Waals surface area contributed by atoms with E-state index in [2.05, 4.69) is 41.6 Å². The summed E-state index contributed by atoms with van der Waals surface area (Å²) in [6, 6.07) is 0. The van der Waals surface area contributed by atoms with Crippen LogP contribution in [0.4, 0.5) is 0 Å². The molecule has 0 aromatic carbocycles. The van der Waals surface area contributed by atoms with E-state index in [9.17, 15) is 0 Å². The smallest absolute Gasteiger partial charge is 0.112 e. The van der Waals surface area contributed by atoms with Gasteiger partial charge in [-0.3, -0.25) is 4.90 Å². The number of hydrogen-bond donors (Lipinski definition) is 1. The highest BCUT2D eigenvalue weighted by Crippen LogP contribution is 2.19. The van der Waals surface area contributed by atoms with Gasteiger partial charge in [-0.15, -0.1) is 0 Å². The number of hydrogen-bond acceptors (Lipinski definition) is 4. The van der Waals surface area contributed by atoms with Gasteiger partial charge in [-0.05, 0) is 63.0 Å².